The van der Waals surface area contributed by atoms with Gasteiger partial charge in [-0.05, 0) is 80.5 Å². The van der Waals surface area contributed by atoms with Crippen LogP contribution in [0.25, 0.3) is 22.3 Å². The molecule has 5 heteroatoms. The Hall–Kier alpha value is -2.95. The molecule has 3 aromatic rings. The molecule has 30 heavy (non-hydrogen) atoms. The molecule has 0 aliphatic heterocycles. The summed E-state index contributed by atoms with van der Waals surface area (Å²) in [6, 6.07) is 14.9. The zero-order chi connectivity index (χ0) is 20.3. The lowest BCUT2D eigenvalue weighted by atomic mass is 9.49. The first-order valence-corrected chi connectivity index (χ1v) is 11.0. The average molecular weight is 399 g/mol. The van der Waals surface area contributed by atoms with Crippen LogP contribution in [0.5, 0.6) is 0 Å². The predicted molar refractivity (Wildman–Crippen MR) is 117 cm³/mol. The number of H-pyrrole nitrogens is 1. The smallest absolute Gasteiger partial charge is 0.259 e. The molecule has 0 saturated heterocycles. The van der Waals surface area contributed by atoms with Crippen LogP contribution in [0.1, 0.15) is 38.5 Å². The fourth-order valence-corrected chi connectivity index (χ4v) is 6.66. The van der Waals surface area contributed by atoms with Crippen molar-refractivity contribution in [1.82, 2.24) is 9.97 Å². The molecule has 152 valence electrons. The number of para-hydroxylation sites is 2. The Morgan fingerprint density at radius 1 is 0.933 bits per heavy atom. The van der Waals surface area contributed by atoms with E-state index in [0.29, 0.717) is 16.7 Å². The maximum Gasteiger partial charge on any atom is 0.259 e. The van der Waals surface area contributed by atoms with Crippen LogP contribution in [0.4, 0.5) is 5.69 Å². The van der Waals surface area contributed by atoms with Gasteiger partial charge in [0.05, 0.1) is 22.0 Å². The quantitative estimate of drug-likeness (QED) is 0.668. The van der Waals surface area contributed by atoms with Crippen LogP contribution in [0.2, 0.25) is 0 Å². The van der Waals surface area contributed by atoms with Crippen LogP contribution in [0.3, 0.4) is 0 Å². The van der Waals surface area contributed by atoms with Gasteiger partial charge in [0.15, 0.2) is 0 Å². The summed E-state index contributed by atoms with van der Waals surface area (Å²) in [6.07, 6.45) is 7.01. The number of amides is 1. The van der Waals surface area contributed by atoms with Gasteiger partial charge < -0.3 is 10.3 Å². The number of carbonyl (C=O) groups is 1. The van der Waals surface area contributed by atoms with Gasteiger partial charge in [-0.1, -0.05) is 24.3 Å². The molecule has 4 aliphatic carbocycles. The van der Waals surface area contributed by atoms with Crippen molar-refractivity contribution in [3.63, 3.8) is 0 Å². The molecule has 5 nitrogen and oxygen atoms in total. The number of nitrogens with one attached hydrogen (secondary N) is 2. The fraction of sp³-hybridized carbons (Fsp3) is 0.400. The van der Waals surface area contributed by atoms with E-state index in [1.165, 1.54) is 19.3 Å². The summed E-state index contributed by atoms with van der Waals surface area (Å²) in [7, 11) is 0. The Balaban J connectivity index is 1.36. The summed E-state index contributed by atoms with van der Waals surface area (Å²) >= 11 is 0. The van der Waals surface area contributed by atoms with Crippen molar-refractivity contribution >= 4 is 22.5 Å². The highest BCUT2D eigenvalue weighted by Crippen LogP contribution is 2.60. The summed E-state index contributed by atoms with van der Waals surface area (Å²) in [4.78, 5) is 33.6. The lowest BCUT2D eigenvalue weighted by Crippen LogP contribution is -2.51. The molecule has 4 fully saturated rings. The van der Waals surface area contributed by atoms with Gasteiger partial charge in [0.2, 0.25) is 5.91 Å². The summed E-state index contributed by atoms with van der Waals surface area (Å²) in [5.74, 6) is 2.79. The molecule has 0 spiro atoms. The fourth-order valence-electron chi connectivity index (χ4n) is 6.66. The SMILES string of the molecule is O=C(Nc1ccccc1-c1nc2ccccc2c(=O)[nH]1)C12CC3CC(CC(C3)C1)C2. The number of carbonyl (C=O) groups excluding carboxylic acids is 1. The zero-order valence-corrected chi connectivity index (χ0v) is 16.9. The third-order valence-electron chi connectivity index (χ3n) is 7.56. The predicted octanol–water partition coefficient (Wildman–Crippen LogP) is 4.75. The van der Waals surface area contributed by atoms with Crippen LogP contribution < -0.4 is 10.9 Å². The second-order valence-corrected chi connectivity index (χ2v) is 9.63. The van der Waals surface area contributed by atoms with Gasteiger partial charge in [0.25, 0.3) is 5.56 Å². The Morgan fingerprint density at radius 2 is 1.57 bits per heavy atom. The van der Waals surface area contributed by atoms with Crippen molar-refractivity contribution in [1.29, 1.82) is 0 Å². The Bertz CT molecular complexity index is 1180. The van der Waals surface area contributed by atoms with Gasteiger partial charge in [0, 0.05) is 5.56 Å². The number of aromatic amines is 1. The van der Waals surface area contributed by atoms with Gasteiger partial charge >= 0.3 is 0 Å². The topological polar surface area (TPSA) is 74.8 Å². The first-order chi connectivity index (χ1) is 14.6. The van der Waals surface area contributed by atoms with E-state index >= 15 is 0 Å². The molecular weight excluding hydrogens is 374 g/mol. The van der Waals surface area contributed by atoms with Crippen molar-refractivity contribution < 1.29 is 4.79 Å². The highest BCUT2D eigenvalue weighted by Gasteiger charge is 2.54. The third kappa shape index (κ3) is 2.79. The van der Waals surface area contributed by atoms with Crippen molar-refractivity contribution in [2.75, 3.05) is 5.32 Å². The summed E-state index contributed by atoms with van der Waals surface area (Å²) < 4.78 is 0. The van der Waals surface area contributed by atoms with E-state index in [-0.39, 0.29) is 16.9 Å². The second kappa shape index (κ2) is 6.53. The van der Waals surface area contributed by atoms with Gasteiger partial charge in [-0.25, -0.2) is 4.98 Å². The van der Waals surface area contributed by atoms with E-state index in [9.17, 15) is 9.59 Å². The number of hydrogen-bond donors (Lipinski definition) is 2. The lowest BCUT2D eigenvalue weighted by molar-refractivity contribution is -0.140. The van der Waals surface area contributed by atoms with E-state index < -0.39 is 0 Å². The van der Waals surface area contributed by atoms with Crippen molar-refractivity contribution in [2.24, 2.45) is 23.2 Å². The van der Waals surface area contributed by atoms with E-state index in [1.807, 2.05) is 42.5 Å². The number of anilines is 1. The zero-order valence-electron chi connectivity index (χ0n) is 16.9. The van der Waals surface area contributed by atoms with Crippen LogP contribution in [-0.4, -0.2) is 15.9 Å². The molecule has 2 aromatic carbocycles. The molecule has 0 unspecified atom stereocenters. The highest BCUT2D eigenvalue weighted by molar-refractivity contribution is 5.99. The van der Waals surface area contributed by atoms with Crippen molar-refractivity contribution in [3.05, 3.63) is 58.9 Å². The van der Waals surface area contributed by atoms with E-state index in [0.717, 1.165) is 48.3 Å². The van der Waals surface area contributed by atoms with E-state index in [1.54, 1.807) is 6.07 Å². The Labute approximate surface area is 174 Å². The lowest BCUT2D eigenvalue weighted by Gasteiger charge is -2.55. The first-order valence-electron chi connectivity index (χ1n) is 11.0. The van der Waals surface area contributed by atoms with Gasteiger partial charge in [-0.2, -0.15) is 0 Å². The van der Waals surface area contributed by atoms with Gasteiger partial charge in [-0.15, -0.1) is 0 Å². The maximum absolute atomic E-state index is 13.5. The number of benzene rings is 2. The van der Waals surface area contributed by atoms with Gasteiger partial charge in [-0.3, -0.25) is 9.59 Å². The molecular formula is C25H25N3O2. The van der Waals surface area contributed by atoms with Crippen LogP contribution in [0, 0.1) is 23.2 Å². The van der Waals surface area contributed by atoms with Gasteiger partial charge in [0.1, 0.15) is 5.82 Å². The third-order valence-corrected chi connectivity index (χ3v) is 7.56. The van der Waals surface area contributed by atoms with E-state index in [4.69, 9.17) is 0 Å². The maximum atomic E-state index is 13.5. The summed E-state index contributed by atoms with van der Waals surface area (Å²) in [6.45, 7) is 0. The van der Waals surface area contributed by atoms with Crippen molar-refractivity contribution in [3.8, 4) is 11.4 Å². The number of aromatic nitrogens is 2. The standard InChI is InChI=1S/C25H25N3O2/c29-23-19-6-2-4-8-21(19)26-22(28-23)18-5-1-3-7-20(18)27-24(30)25-12-15-9-16(13-25)11-17(10-15)14-25/h1-8,15-17H,9-14H2,(H,27,30)(H,26,28,29). The minimum Gasteiger partial charge on any atom is -0.325 e. The number of nitrogens with zero attached hydrogens (tertiary/aromatic N) is 1. The summed E-state index contributed by atoms with van der Waals surface area (Å²) in [5.41, 5.74) is 1.73. The number of fused-ring (bicyclic) bond motifs is 1. The first kappa shape index (κ1) is 17.9. The number of hydrogen-bond acceptors (Lipinski definition) is 3. The minimum absolute atomic E-state index is 0.150. The van der Waals surface area contributed by atoms with E-state index in [2.05, 4.69) is 15.3 Å². The van der Waals surface area contributed by atoms with Crippen LogP contribution in [0.15, 0.2) is 53.3 Å². The average Bonchev–Trinajstić information content (AvgIpc) is 2.73. The summed E-state index contributed by atoms with van der Waals surface area (Å²) in [5, 5.41) is 3.80. The molecule has 1 amide bonds. The molecule has 7 rings (SSSR count). The number of rotatable bonds is 3. The molecule has 4 aliphatic rings. The van der Waals surface area contributed by atoms with Crippen molar-refractivity contribution in [2.45, 2.75) is 38.5 Å². The molecule has 4 bridgehead atoms. The molecule has 4 saturated carbocycles. The minimum atomic E-state index is -0.216. The molecule has 0 atom stereocenters. The monoisotopic (exact) mass is 399 g/mol. The largest absolute Gasteiger partial charge is 0.325 e. The van der Waals surface area contributed by atoms with Crippen LogP contribution >= 0.6 is 0 Å². The molecule has 2 N–H and O–H groups in total. The Kier molecular flexibility index (Phi) is 3.89. The normalized spacial score (nSPS) is 29.3. The molecule has 0 radical (unpaired) electrons. The second-order valence-electron chi connectivity index (χ2n) is 9.63. The molecule has 1 aromatic heterocycles. The Morgan fingerprint density at radius 3 is 2.30 bits per heavy atom. The van der Waals surface area contributed by atoms with Crippen LogP contribution in [-0.2, 0) is 4.79 Å². The highest BCUT2D eigenvalue weighted by atomic mass is 16.2. The molecule has 1 heterocycles.